The third kappa shape index (κ3) is 3.34. The zero-order valence-corrected chi connectivity index (χ0v) is 11.6. The van der Waals surface area contributed by atoms with E-state index in [2.05, 4.69) is 32.5 Å². The van der Waals surface area contributed by atoms with Crippen LogP contribution in [0.15, 0.2) is 12.4 Å². The zero-order chi connectivity index (χ0) is 11.4. The Morgan fingerprint density at radius 3 is 3.00 bits per heavy atom. The lowest BCUT2D eigenvalue weighted by Crippen LogP contribution is -2.08. The summed E-state index contributed by atoms with van der Waals surface area (Å²) in [5.74, 6) is 2.12. The van der Waals surface area contributed by atoms with Gasteiger partial charge in [0.05, 0.1) is 0 Å². The Hall–Kier alpha value is -0.310. The van der Waals surface area contributed by atoms with Crippen LogP contribution in [0.3, 0.4) is 0 Å². The van der Waals surface area contributed by atoms with Gasteiger partial charge in [-0.05, 0) is 25.2 Å². The average molecular weight is 285 g/mol. The number of aryl methyl sites for hydroxylation is 2. The van der Waals surface area contributed by atoms with Gasteiger partial charge in [0.25, 0.3) is 0 Å². The van der Waals surface area contributed by atoms with Gasteiger partial charge in [-0.15, -0.1) is 0 Å². The molecule has 1 aliphatic rings. The molecule has 2 rings (SSSR count). The smallest absolute Gasteiger partial charge is 0.108 e. The van der Waals surface area contributed by atoms with Gasteiger partial charge in [0.15, 0.2) is 0 Å². The van der Waals surface area contributed by atoms with Crippen molar-refractivity contribution in [3.8, 4) is 0 Å². The molecule has 0 saturated heterocycles. The van der Waals surface area contributed by atoms with Crippen LogP contribution in [0.25, 0.3) is 0 Å². The predicted molar refractivity (Wildman–Crippen MR) is 70.8 cm³/mol. The van der Waals surface area contributed by atoms with E-state index in [1.54, 1.807) is 0 Å². The molecule has 0 radical (unpaired) electrons. The Balaban J connectivity index is 1.82. The van der Waals surface area contributed by atoms with E-state index in [4.69, 9.17) is 0 Å². The maximum absolute atomic E-state index is 4.39. The summed E-state index contributed by atoms with van der Waals surface area (Å²) in [6.45, 7) is 0. The first-order chi connectivity index (χ1) is 7.75. The second-order valence-corrected chi connectivity index (χ2v) is 6.27. The Kier molecular flexibility index (Phi) is 4.45. The van der Waals surface area contributed by atoms with Gasteiger partial charge in [0.1, 0.15) is 5.82 Å². The van der Waals surface area contributed by atoms with Crippen molar-refractivity contribution in [2.45, 2.75) is 49.8 Å². The summed E-state index contributed by atoms with van der Waals surface area (Å²) in [5.41, 5.74) is 0. The summed E-state index contributed by atoms with van der Waals surface area (Å²) in [6.07, 6.45) is 13.3. The first-order valence-electron chi connectivity index (χ1n) is 6.36. The summed E-state index contributed by atoms with van der Waals surface area (Å²) >= 11 is 3.79. The maximum Gasteiger partial charge on any atom is 0.108 e. The van der Waals surface area contributed by atoms with E-state index >= 15 is 0 Å². The highest BCUT2D eigenvalue weighted by atomic mass is 79.9. The van der Waals surface area contributed by atoms with E-state index in [9.17, 15) is 0 Å². The van der Waals surface area contributed by atoms with Crippen LogP contribution >= 0.6 is 15.9 Å². The number of imidazole rings is 1. The minimum absolute atomic E-state index is 0.751. The van der Waals surface area contributed by atoms with Crippen LogP contribution in [0.5, 0.6) is 0 Å². The quantitative estimate of drug-likeness (QED) is 0.611. The predicted octanol–water partition coefficient (Wildman–Crippen LogP) is 3.70. The fourth-order valence-corrected chi connectivity index (χ4v) is 3.48. The van der Waals surface area contributed by atoms with Crippen LogP contribution in [0.1, 0.15) is 44.3 Å². The molecule has 1 saturated carbocycles. The number of aromatic nitrogens is 2. The fraction of sp³-hybridized carbons (Fsp3) is 0.769. The molecule has 2 atom stereocenters. The number of hydrogen-bond donors (Lipinski definition) is 0. The number of hydrogen-bond acceptors (Lipinski definition) is 1. The summed E-state index contributed by atoms with van der Waals surface area (Å²) < 4.78 is 2.14. The van der Waals surface area contributed by atoms with Crippen molar-refractivity contribution in [1.82, 2.24) is 9.55 Å². The summed E-state index contributed by atoms with van der Waals surface area (Å²) in [5, 5.41) is 0. The molecule has 0 aliphatic heterocycles. The van der Waals surface area contributed by atoms with E-state index in [0.29, 0.717) is 0 Å². The Labute approximate surface area is 107 Å². The molecule has 1 aliphatic carbocycles. The number of rotatable bonds is 3. The lowest BCUT2D eigenvalue weighted by Gasteiger charge is -2.15. The van der Waals surface area contributed by atoms with Gasteiger partial charge in [-0.3, -0.25) is 0 Å². The molecule has 1 heterocycles. The molecule has 90 valence electrons. The van der Waals surface area contributed by atoms with Crippen molar-refractivity contribution in [2.24, 2.45) is 13.0 Å². The molecule has 1 fully saturated rings. The molecule has 2 nitrogen and oxygen atoms in total. The molecule has 0 aromatic carbocycles. The van der Waals surface area contributed by atoms with Gasteiger partial charge in [-0.2, -0.15) is 0 Å². The van der Waals surface area contributed by atoms with E-state index in [-0.39, 0.29) is 0 Å². The van der Waals surface area contributed by atoms with Gasteiger partial charge in [0.2, 0.25) is 0 Å². The van der Waals surface area contributed by atoms with Crippen molar-refractivity contribution in [1.29, 1.82) is 0 Å². The second kappa shape index (κ2) is 5.85. The first kappa shape index (κ1) is 12.2. The highest BCUT2D eigenvalue weighted by Gasteiger charge is 2.18. The van der Waals surface area contributed by atoms with Gasteiger partial charge >= 0.3 is 0 Å². The first-order valence-corrected chi connectivity index (χ1v) is 7.27. The Morgan fingerprint density at radius 2 is 2.25 bits per heavy atom. The molecule has 1 aromatic heterocycles. The third-order valence-corrected chi connectivity index (χ3v) is 4.50. The highest BCUT2D eigenvalue weighted by molar-refractivity contribution is 9.09. The SMILES string of the molecule is Cn1ccnc1CCC1CCCCC(Br)C1. The van der Waals surface area contributed by atoms with Crippen LogP contribution in [-0.2, 0) is 13.5 Å². The van der Waals surface area contributed by atoms with Crippen LogP contribution < -0.4 is 0 Å². The van der Waals surface area contributed by atoms with Crippen molar-refractivity contribution in [3.05, 3.63) is 18.2 Å². The molecule has 0 bridgehead atoms. The standard InChI is InChI=1S/C13H21BrN2/c1-16-9-8-15-13(16)7-6-11-4-2-3-5-12(14)10-11/h8-9,11-12H,2-7,10H2,1H3. The van der Waals surface area contributed by atoms with Gasteiger partial charge < -0.3 is 4.57 Å². The summed E-state index contributed by atoms with van der Waals surface area (Å²) in [4.78, 5) is 5.15. The van der Waals surface area contributed by atoms with Crippen LogP contribution in [-0.4, -0.2) is 14.4 Å². The summed E-state index contributed by atoms with van der Waals surface area (Å²) in [7, 11) is 2.09. The van der Waals surface area contributed by atoms with E-state index in [1.165, 1.54) is 44.3 Å². The molecule has 3 heteroatoms. The number of alkyl halides is 1. The summed E-state index contributed by atoms with van der Waals surface area (Å²) in [6, 6.07) is 0. The molecule has 0 amide bonds. The molecule has 16 heavy (non-hydrogen) atoms. The topological polar surface area (TPSA) is 17.8 Å². The van der Waals surface area contributed by atoms with Gasteiger partial charge in [0, 0.05) is 30.7 Å². The van der Waals surface area contributed by atoms with E-state index in [0.717, 1.165) is 17.2 Å². The number of halogens is 1. The molecule has 2 unspecified atom stereocenters. The zero-order valence-electron chi connectivity index (χ0n) is 10.0. The van der Waals surface area contributed by atoms with Crippen molar-refractivity contribution in [3.63, 3.8) is 0 Å². The minimum atomic E-state index is 0.751. The van der Waals surface area contributed by atoms with E-state index in [1.807, 2.05) is 12.4 Å². The Bertz CT molecular complexity index is 321. The Morgan fingerprint density at radius 1 is 1.44 bits per heavy atom. The molecule has 0 spiro atoms. The van der Waals surface area contributed by atoms with Gasteiger partial charge in [-0.1, -0.05) is 35.2 Å². The average Bonchev–Trinajstić information content (AvgIpc) is 2.54. The fourth-order valence-electron chi connectivity index (χ4n) is 2.63. The lowest BCUT2D eigenvalue weighted by molar-refractivity contribution is 0.427. The molecule has 0 N–H and O–H groups in total. The monoisotopic (exact) mass is 284 g/mol. The largest absolute Gasteiger partial charge is 0.338 e. The van der Waals surface area contributed by atoms with Crippen LogP contribution in [0.2, 0.25) is 0 Å². The van der Waals surface area contributed by atoms with Gasteiger partial charge in [-0.25, -0.2) is 4.98 Å². The normalized spacial score (nSPS) is 26.6. The van der Waals surface area contributed by atoms with Crippen molar-refractivity contribution < 1.29 is 0 Å². The van der Waals surface area contributed by atoms with Crippen LogP contribution in [0, 0.1) is 5.92 Å². The molecular weight excluding hydrogens is 264 g/mol. The van der Waals surface area contributed by atoms with Crippen molar-refractivity contribution >= 4 is 15.9 Å². The molecule has 1 aromatic rings. The maximum atomic E-state index is 4.39. The third-order valence-electron chi connectivity index (χ3n) is 3.67. The lowest BCUT2D eigenvalue weighted by atomic mass is 9.95. The highest BCUT2D eigenvalue weighted by Crippen LogP contribution is 2.30. The van der Waals surface area contributed by atoms with Crippen LogP contribution in [0.4, 0.5) is 0 Å². The minimum Gasteiger partial charge on any atom is -0.338 e. The van der Waals surface area contributed by atoms with Crippen molar-refractivity contribution in [2.75, 3.05) is 0 Å². The molecular formula is C13H21BrN2. The number of nitrogens with zero attached hydrogens (tertiary/aromatic N) is 2. The van der Waals surface area contributed by atoms with E-state index < -0.39 is 0 Å². The second-order valence-electron chi connectivity index (χ2n) is 4.98.